The van der Waals surface area contributed by atoms with Crippen molar-refractivity contribution < 1.29 is 9.47 Å². The molecule has 0 saturated carbocycles. The van der Waals surface area contributed by atoms with E-state index in [-0.39, 0.29) is 6.10 Å². The second-order valence-electron chi connectivity index (χ2n) is 4.65. The maximum absolute atomic E-state index is 5.94. The second-order valence-corrected chi connectivity index (χ2v) is 5.47. The van der Waals surface area contributed by atoms with Gasteiger partial charge in [-0.05, 0) is 31.5 Å². The highest BCUT2D eigenvalue weighted by Crippen LogP contribution is 2.27. The molecule has 2 rings (SSSR count). The van der Waals surface area contributed by atoms with E-state index >= 15 is 0 Å². The van der Waals surface area contributed by atoms with Crippen LogP contribution in [0, 0.1) is 0 Å². The summed E-state index contributed by atoms with van der Waals surface area (Å²) in [6.45, 7) is 4.55. The number of ether oxygens (including phenoxy) is 2. The molecule has 0 radical (unpaired) electrons. The number of hydrogen-bond acceptors (Lipinski definition) is 3. The molecule has 0 bridgehead atoms. The van der Waals surface area contributed by atoms with Crippen LogP contribution < -0.4 is 10.1 Å². The molecular formula is C14H19Cl2NO2. The Labute approximate surface area is 124 Å². The van der Waals surface area contributed by atoms with Crippen molar-refractivity contribution in [1.29, 1.82) is 0 Å². The van der Waals surface area contributed by atoms with Gasteiger partial charge in [-0.25, -0.2) is 0 Å². The van der Waals surface area contributed by atoms with Crippen LogP contribution in [-0.2, 0) is 4.74 Å². The summed E-state index contributed by atoms with van der Waals surface area (Å²) >= 11 is 11.8. The van der Waals surface area contributed by atoms with Crippen molar-refractivity contribution in [1.82, 2.24) is 5.32 Å². The van der Waals surface area contributed by atoms with E-state index in [9.17, 15) is 0 Å². The maximum Gasteiger partial charge on any atom is 0.121 e. The fourth-order valence-electron chi connectivity index (χ4n) is 2.11. The molecule has 19 heavy (non-hydrogen) atoms. The Morgan fingerprint density at radius 2 is 2.05 bits per heavy atom. The molecule has 1 fully saturated rings. The summed E-state index contributed by atoms with van der Waals surface area (Å²) < 4.78 is 11.6. The van der Waals surface area contributed by atoms with Gasteiger partial charge >= 0.3 is 0 Å². The Balaban J connectivity index is 1.75. The average Bonchev–Trinajstić information content (AvgIpc) is 2.86. The van der Waals surface area contributed by atoms with E-state index in [1.165, 1.54) is 0 Å². The van der Waals surface area contributed by atoms with E-state index in [0.717, 1.165) is 31.7 Å². The van der Waals surface area contributed by atoms with Gasteiger partial charge in [-0.3, -0.25) is 0 Å². The highest BCUT2D eigenvalue weighted by atomic mass is 35.5. The molecule has 0 aliphatic carbocycles. The third-order valence-electron chi connectivity index (χ3n) is 3.14. The van der Waals surface area contributed by atoms with Gasteiger partial charge in [0.25, 0.3) is 0 Å². The number of nitrogens with one attached hydrogen (secondary N) is 1. The zero-order chi connectivity index (χ0) is 13.7. The van der Waals surface area contributed by atoms with Gasteiger partial charge in [0.15, 0.2) is 0 Å². The van der Waals surface area contributed by atoms with Crippen LogP contribution in [-0.4, -0.2) is 31.9 Å². The van der Waals surface area contributed by atoms with Gasteiger partial charge in [0, 0.05) is 12.6 Å². The van der Waals surface area contributed by atoms with Gasteiger partial charge in [-0.2, -0.15) is 0 Å². The molecule has 2 atom stereocenters. The quantitative estimate of drug-likeness (QED) is 0.872. The molecule has 1 aromatic rings. The monoisotopic (exact) mass is 303 g/mol. The molecule has 0 amide bonds. The molecule has 1 aliphatic rings. The van der Waals surface area contributed by atoms with Crippen LogP contribution in [0.3, 0.4) is 0 Å². The average molecular weight is 304 g/mol. The third kappa shape index (κ3) is 4.53. The first-order valence-corrected chi connectivity index (χ1v) is 7.38. The SMILES string of the molecule is CCNCC1CCC(COc2ccc(Cl)c(Cl)c2)O1. The van der Waals surface area contributed by atoms with E-state index < -0.39 is 0 Å². The Bertz CT molecular complexity index is 414. The van der Waals surface area contributed by atoms with Gasteiger partial charge in [0.05, 0.1) is 22.3 Å². The van der Waals surface area contributed by atoms with Crippen molar-refractivity contribution in [2.75, 3.05) is 19.7 Å². The minimum Gasteiger partial charge on any atom is -0.491 e. The predicted octanol–water partition coefficient (Wildman–Crippen LogP) is 3.53. The summed E-state index contributed by atoms with van der Waals surface area (Å²) in [4.78, 5) is 0. The smallest absolute Gasteiger partial charge is 0.121 e. The largest absolute Gasteiger partial charge is 0.491 e. The topological polar surface area (TPSA) is 30.5 Å². The van der Waals surface area contributed by atoms with E-state index in [1.54, 1.807) is 12.1 Å². The van der Waals surface area contributed by atoms with Crippen LogP contribution in [0.15, 0.2) is 18.2 Å². The first-order valence-electron chi connectivity index (χ1n) is 6.63. The van der Waals surface area contributed by atoms with Crippen molar-refractivity contribution in [3.63, 3.8) is 0 Å². The van der Waals surface area contributed by atoms with E-state index in [0.29, 0.717) is 22.8 Å². The molecule has 0 spiro atoms. The number of likely N-dealkylation sites (N-methyl/N-ethyl adjacent to an activating group) is 1. The minimum absolute atomic E-state index is 0.165. The summed E-state index contributed by atoms with van der Waals surface area (Å²) in [5.74, 6) is 0.730. The lowest BCUT2D eigenvalue weighted by atomic mass is 10.2. The molecule has 0 aromatic heterocycles. The van der Waals surface area contributed by atoms with Crippen LogP contribution >= 0.6 is 23.2 Å². The van der Waals surface area contributed by atoms with Gasteiger partial charge in [0.1, 0.15) is 12.4 Å². The highest BCUT2D eigenvalue weighted by Gasteiger charge is 2.25. The van der Waals surface area contributed by atoms with Crippen LogP contribution in [0.4, 0.5) is 0 Å². The number of halogens is 2. The molecule has 1 aromatic carbocycles. The summed E-state index contributed by atoms with van der Waals surface area (Å²) in [6.07, 6.45) is 2.60. The number of hydrogen-bond donors (Lipinski definition) is 1. The second kappa shape index (κ2) is 7.34. The molecule has 1 saturated heterocycles. The Hall–Kier alpha value is -0.480. The van der Waals surface area contributed by atoms with Crippen molar-refractivity contribution >= 4 is 23.2 Å². The fraction of sp³-hybridized carbons (Fsp3) is 0.571. The molecule has 2 unspecified atom stereocenters. The number of rotatable bonds is 6. The number of benzene rings is 1. The summed E-state index contributed by atoms with van der Waals surface area (Å²) in [5.41, 5.74) is 0. The molecule has 106 valence electrons. The van der Waals surface area contributed by atoms with E-state index in [1.807, 2.05) is 6.07 Å². The molecule has 1 N–H and O–H groups in total. The van der Waals surface area contributed by atoms with Crippen LogP contribution in [0.5, 0.6) is 5.75 Å². The van der Waals surface area contributed by atoms with Crippen molar-refractivity contribution in [3.05, 3.63) is 28.2 Å². The normalized spacial score (nSPS) is 22.7. The summed E-state index contributed by atoms with van der Waals surface area (Å²) in [5, 5.41) is 4.35. The Morgan fingerprint density at radius 3 is 2.79 bits per heavy atom. The summed E-state index contributed by atoms with van der Waals surface area (Å²) in [7, 11) is 0. The van der Waals surface area contributed by atoms with E-state index in [4.69, 9.17) is 32.7 Å². The lowest BCUT2D eigenvalue weighted by molar-refractivity contribution is 0.0188. The molecule has 3 nitrogen and oxygen atoms in total. The molecule has 5 heteroatoms. The lowest BCUT2D eigenvalue weighted by Crippen LogP contribution is -2.28. The predicted molar refractivity (Wildman–Crippen MR) is 78.4 cm³/mol. The zero-order valence-corrected chi connectivity index (χ0v) is 12.5. The van der Waals surface area contributed by atoms with Crippen molar-refractivity contribution in [3.8, 4) is 5.75 Å². The van der Waals surface area contributed by atoms with Crippen molar-refractivity contribution in [2.45, 2.75) is 32.0 Å². The fourth-order valence-corrected chi connectivity index (χ4v) is 2.40. The Kier molecular flexibility index (Phi) is 5.76. The van der Waals surface area contributed by atoms with Crippen LogP contribution in [0.25, 0.3) is 0 Å². The molecular weight excluding hydrogens is 285 g/mol. The van der Waals surface area contributed by atoms with Gasteiger partial charge in [-0.15, -0.1) is 0 Å². The van der Waals surface area contributed by atoms with Gasteiger partial charge in [0.2, 0.25) is 0 Å². The summed E-state index contributed by atoms with van der Waals surface area (Å²) in [6, 6.07) is 5.29. The molecule has 1 aliphatic heterocycles. The first-order chi connectivity index (χ1) is 9.19. The maximum atomic E-state index is 5.94. The minimum atomic E-state index is 0.165. The Morgan fingerprint density at radius 1 is 1.26 bits per heavy atom. The lowest BCUT2D eigenvalue weighted by Gasteiger charge is -2.15. The van der Waals surface area contributed by atoms with Gasteiger partial charge < -0.3 is 14.8 Å². The van der Waals surface area contributed by atoms with E-state index in [2.05, 4.69) is 12.2 Å². The zero-order valence-electron chi connectivity index (χ0n) is 11.0. The highest BCUT2D eigenvalue weighted by molar-refractivity contribution is 6.42. The molecule has 1 heterocycles. The third-order valence-corrected chi connectivity index (χ3v) is 3.88. The standard InChI is InChI=1S/C14H19Cl2NO2/c1-2-17-8-11-3-4-12(19-11)9-18-10-5-6-13(15)14(16)7-10/h5-7,11-12,17H,2-4,8-9H2,1H3. The van der Waals surface area contributed by atoms with Crippen LogP contribution in [0.1, 0.15) is 19.8 Å². The first kappa shape index (κ1) is 14.9. The van der Waals surface area contributed by atoms with Gasteiger partial charge in [-0.1, -0.05) is 30.1 Å². The van der Waals surface area contributed by atoms with Crippen molar-refractivity contribution in [2.24, 2.45) is 0 Å². The van der Waals surface area contributed by atoms with Crippen LogP contribution in [0.2, 0.25) is 10.0 Å².